The van der Waals surface area contributed by atoms with Gasteiger partial charge in [0.15, 0.2) is 9.84 Å². The fraction of sp³-hybridized carbons (Fsp3) is 0.333. The number of carboxylic acids is 1. The third-order valence-electron chi connectivity index (χ3n) is 8.27. The molecular weight excluding hydrogens is 543 g/mol. The maximum Gasteiger partial charge on any atom is 0.306 e. The third kappa shape index (κ3) is 4.89. The van der Waals surface area contributed by atoms with Crippen LogP contribution in [0.4, 0.5) is 13.2 Å². The summed E-state index contributed by atoms with van der Waals surface area (Å²) >= 11 is 0. The normalized spacial score (nSPS) is 23.2. The van der Waals surface area contributed by atoms with E-state index in [-0.39, 0.29) is 41.4 Å². The molecule has 1 atom stereocenters. The van der Waals surface area contributed by atoms with Gasteiger partial charge >= 0.3 is 5.97 Å². The summed E-state index contributed by atoms with van der Waals surface area (Å²) in [6.45, 7) is -0.000379. The van der Waals surface area contributed by atoms with E-state index in [1.165, 1.54) is 47.4 Å². The van der Waals surface area contributed by atoms with E-state index in [0.29, 0.717) is 31.2 Å². The Morgan fingerprint density at radius 1 is 0.825 bits per heavy atom. The van der Waals surface area contributed by atoms with Crippen molar-refractivity contribution in [2.45, 2.75) is 41.7 Å². The van der Waals surface area contributed by atoms with Crippen LogP contribution in [-0.2, 0) is 24.2 Å². The Balaban J connectivity index is 1.50. The molecule has 0 spiro atoms. The number of carboxylic acid groups (broad SMARTS) is 1. The number of likely N-dealkylation sites (tertiary alicyclic amines) is 1. The lowest BCUT2D eigenvalue weighted by Crippen LogP contribution is -2.42. The molecule has 1 saturated heterocycles. The molecule has 1 aliphatic heterocycles. The monoisotopic (exact) mass is 571 g/mol. The van der Waals surface area contributed by atoms with E-state index in [9.17, 15) is 36.3 Å². The number of nitrogens with zero attached hydrogens (tertiary/aromatic N) is 1. The Kier molecular flexibility index (Phi) is 7.48. The van der Waals surface area contributed by atoms with Crippen LogP contribution >= 0.6 is 0 Å². The summed E-state index contributed by atoms with van der Waals surface area (Å²) in [5.41, 5.74) is 0.349. The zero-order valence-corrected chi connectivity index (χ0v) is 22.3. The molecule has 1 aliphatic carbocycles. The minimum atomic E-state index is -4.17. The second-order valence-electron chi connectivity index (χ2n) is 10.5. The van der Waals surface area contributed by atoms with Crippen molar-refractivity contribution in [2.24, 2.45) is 11.8 Å². The van der Waals surface area contributed by atoms with E-state index in [0.717, 1.165) is 24.3 Å². The second-order valence-corrected chi connectivity index (χ2v) is 12.8. The number of aliphatic carboxylic acids is 1. The lowest BCUT2D eigenvalue weighted by atomic mass is 9.81. The number of carbonyl (C=O) groups excluding carboxylic acids is 1. The van der Waals surface area contributed by atoms with Gasteiger partial charge in [0.05, 0.1) is 16.4 Å². The third-order valence-corrected chi connectivity index (χ3v) is 10.8. The number of halogens is 3. The van der Waals surface area contributed by atoms with Gasteiger partial charge in [-0.2, -0.15) is 0 Å². The van der Waals surface area contributed by atoms with Crippen LogP contribution in [0.2, 0.25) is 0 Å². The van der Waals surface area contributed by atoms with Gasteiger partial charge in [-0.05, 0) is 79.6 Å². The van der Waals surface area contributed by atoms with Crippen molar-refractivity contribution in [3.8, 4) is 11.1 Å². The zero-order chi connectivity index (χ0) is 28.7. The van der Waals surface area contributed by atoms with Crippen molar-refractivity contribution < 1.29 is 36.3 Å². The molecule has 210 valence electrons. The number of hydrogen-bond acceptors (Lipinski definition) is 4. The predicted octanol–water partition coefficient (Wildman–Crippen LogP) is 5.56. The van der Waals surface area contributed by atoms with Gasteiger partial charge in [-0.25, -0.2) is 21.6 Å². The van der Waals surface area contributed by atoms with E-state index < -0.39 is 49.8 Å². The van der Waals surface area contributed by atoms with Crippen LogP contribution in [0.1, 0.15) is 37.7 Å². The summed E-state index contributed by atoms with van der Waals surface area (Å²) in [5, 5.41) is 9.28. The molecule has 0 radical (unpaired) electrons. The average molecular weight is 572 g/mol. The number of benzene rings is 3. The number of amides is 1. The molecule has 1 N–H and O–H groups in total. The van der Waals surface area contributed by atoms with Crippen LogP contribution in [0.15, 0.2) is 71.6 Å². The van der Waals surface area contributed by atoms with Crippen molar-refractivity contribution >= 4 is 21.7 Å². The summed E-state index contributed by atoms with van der Waals surface area (Å²) in [6, 6.07) is 13.9. The molecule has 1 saturated carbocycles. The Bertz CT molecular complexity index is 1510. The maximum absolute atomic E-state index is 14.4. The molecule has 40 heavy (non-hydrogen) atoms. The summed E-state index contributed by atoms with van der Waals surface area (Å²) in [7, 11) is -4.17. The van der Waals surface area contributed by atoms with Crippen molar-refractivity contribution in [3.63, 3.8) is 0 Å². The van der Waals surface area contributed by atoms with Crippen LogP contribution in [0.25, 0.3) is 11.1 Å². The van der Waals surface area contributed by atoms with Crippen LogP contribution in [-0.4, -0.2) is 43.4 Å². The zero-order valence-electron chi connectivity index (χ0n) is 21.5. The first-order valence-electron chi connectivity index (χ1n) is 13.1. The fourth-order valence-corrected chi connectivity index (χ4v) is 8.06. The summed E-state index contributed by atoms with van der Waals surface area (Å²) in [6.07, 6.45) is 1.65. The van der Waals surface area contributed by atoms with Crippen molar-refractivity contribution in [3.05, 3.63) is 89.7 Å². The summed E-state index contributed by atoms with van der Waals surface area (Å²) in [5.74, 6) is -4.08. The molecule has 3 aromatic carbocycles. The van der Waals surface area contributed by atoms with E-state index in [1.807, 2.05) is 0 Å². The molecule has 6 nitrogen and oxygen atoms in total. The van der Waals surface area contributed by atoms with Crippen LogP contribution < -0.4 is 0 Å². The first kappa shape index (κ1) is 27.9. The highest BCUT2D eigenvalue weighted by Gasteiger charge is 2.52. The van der Waals surface area contributed by atoms with Crippen molar-refractivity contribution in [1.82, 2.24) is 4.90 Å². The van der Waals surface area contributed by atoms with E-state index in [2.05, 4.69) is 0 Å². The molecular formula is C30H28F3NO5S. The van der Waals surface area contributed by atoms with Gasteiger partial charge in [-0.3, -0.25) is 9.59 Å². The summed E-state index contributed by atoms with van der Waals surface area (Å²) in [4.78, 5) is 26.2. The maximum atomic E-state index is 14.4. The standard InChI is InChI=1S/C30H28F3NO5S/c31-23-12-14-24(15-13-23)40(38,39)30(22-10-8-19(9-11-22)27-25(32)2-1-3-26(27)33)16-17-34(18-30)28(35)20-4-6-21(7-5-20)29(36)37/h1-3,8-15,20-21H,4-7,16-18H2,(H,36,37)/t20?,21?,30-/m1/s1. The molecule has 0 unspecified atom stereocenters. The largest absolute Gasteiger partial charge is 0.481 e. The first-order chi connectivity index (χ1) is 19.0. The van der Waals surface area contributed by atoms with Gasteiger partial charge in [0.2, 0.25) is 5.91 Å². The molecule has 0 aromatic heterocycles. The minimum Gasteiger partial charge on any atom is -0.481 e. The van der Waals surface area contributed by atoms with Crippen LogP contribution in [0.3, 0.4) is 0 Å². The van der Waals surface area contributed by atoms with Crippen LogP contribution in [0.5, 0.6) is 0 Å². The highest BCUT2D eigenvalue weighted by molar-refractivity contribution is 7.92. The lowest BCUT2D eigenvalue weighted by molar-refractivity contribution is -0.145. The highest BCUT2D eigenvalue weighted by Crippen LogP contribution is 2.45. The molecule has 1 heterocycles. The molecule has 0 bridgehead atoms. The molecule has 2 aliphatic rings. The average Bonchev–Trinajstić information content (AvgIpc) is 3.41. The Morgan fingerprint density at radius 3 is 1.98 bits per heavy atom. The molecule has 1 amide bonds. The van der Waals surface area contributed by atoms with Gasteiger partial charge in [-0.15, -0.1) is 0 Å². The lowest BCUT2D eigenvalue weighted by Gasteiger charge is -2.32. The molecule has 10 heteroatoms. The van der Waals surface area contributed by atoms with Gasteiger partial charge in [-0.1, -0.05) is 30.3 Å². The van der Waals surface area contributed by atoms with Gasteiger partial charge in [0.1, 0.15) is 22.2 Å². The van der Waals surface area contributed by atoms with Gasteiger partial charge in [0.25, 0.3) is 0 Å². The number of rotatable bonds is 6. The SMILES string of the molecule is O=C(O)C1CCC(C(=O)N2CC[C@@](c3ccc(-c4c(F)cccc4F)cc3)(S(=O)(=O)c3ccc(F)cc3)C2)CC1. The quantitative estimate of drug-likeness (QED) is 0.391. The first-order valence-corrected chi connectivity index (χ1v) is 14.6. The minimum absolute atomic E-state index is 0.0658. The van der Waals surface area contributed by atoms with E-state index in [1.54, 1.807) is 0 Å². The highest BCUT2D eigenvalue weighted by atomic mass is 32.2. The Morgan fingerprint density at radius 2 is 1.40 bits per heavy atom. The number of sulfone groups is 1. The molecule has 2 fully saturated rings. The molecule has 5 rings (SSSR count). The summed E-state index contributed by atoms with van der Waals surface area (Å²) < 4.78 is 69.2. The Labute approximate surface area is 230 Å². The van der Waals surface area contributed by atoms with Crippen molar-refractivity contribution in [1.29, 1.82) is 0 Å². The van der Waals surface area contributed by atoms with E-state index >= 15 is 0 Å². The Hall–Kier alpha value is -3.66. The second kappa shape index (κ2) is 10.7. The van der Waals surface area contributed by atoms with Gasteiger partial charge < -0.3 is 10.0 Å². The fourth-order valence-electron chi connectivity index (χ4n) is 5.98. The number of carbonyl (C=O) groups is 2. The van der Waals surface area contributed by atoms with Gasteiger partial charge in [0, 0.05) is 19.0 Å². The number of hydrogen-bond donors (Lipinski definition) is 1. The topological polar surface area (TPSA) is 91.8 Å². The molecule has 3 aromatic rings. The van der Waals surface area contributed by atoms with Crippen molar-refractivity contribution in [2.75, 3.05) is 13.1 Å². The predicted molar refractivity (Wildman–Crippen MR) is 141 cm³/mol. The van der Waals surface area contributed by atoms with Crippen LogP contribution in [0, 0.1) is 29.3 Å². The smallest absolute Gasteiger partial charge is 0.306 e. The van der Waals surface area contributed by atoms with E-state index in [4.69, 9.17) is 0 Å².